The first-order valence-electron chi connectivity index (χ1n) is 8.50. The van der Waals surface area contributed by atoms with E-state index in [0.29, 0.717) is 30.8 Å². The Morgan fingerprint density at radius 2 is 1.70 bits per heavy atom. The van der Waals surface area contributed by atoms with Gasteiger partial charge in [0, 0.05) is 13.1 Å². The molecule has 0 aliphatic carbocycles. The summed E-state index contributed by atoms with van der Waals surface area (Å²) in [5.41, 5.74) is 7.03. The number of rotatable bonds is 3. The lowest BCUT2D eigenvalue weighted by Gasteiger charge is -2.32. The quantitative estimate of drug-likeness (QED) is 0.696. The number of nitrogens with two attached hydrogens (primary N) is 1. The van der Waals surface area contributed by atoms with Crippen LogP contribution in [0.25, 0.3) is 0 Å². The lowest BCUT2D eigenvalue weighted by Crippen LogP contribution is -2.45. The molecular formula is C19H22ClFN4O2. The number of anilines is 3. The first-order chi connectivity index (χ1) is 12.5. The minimum absolute atomic E-state index is 0. The van der Waals surface area contributed by atoms with Crippen molar-refractivity contribution in [2.75, 3.05) is 29.5 Å². The Hall–Kier alpha value is -2.80. The van der Waals surface area contributed by atoms with Gasteiger partial charge in [-0.15, -0.1) is 12.4 Å². The van der Waals surface area contributed by atoms with Gasteiger partial charge in [0.25, 0.3) is 0 Å². The topological polar surface area (TPSA) is 87.5 Å². The summed E-state index contributed by atoms with van der Waals surface area (Å²) >= 11 is 0. The van der Waals surface area contributed by atoms with Gasteiger partial charge in [0.1, 0.15) is 5.82 Å². The van der Waals surface area contributed by atoms with Crippen molar-refractivity contribution in [2.45, 2.75) is 12.8 Å². The summed E-state index contributed by atoms with van der Waals surface area (Å²) in [5.74, 6) is -1.01. The molecule has 1 unspecified atom stereocenters. The third-order valence-corrected chi connectivity index (χ3v) is 4.41. The van der Waals surface area contributed by atoms with Crippen LogP contribution in [-0.2, 0) is 4.79 Å². The number of amides is 3. The molecule has 144 valence electrons. The number of halogens is 2. The summed E-state index contributed by atoms with van der Waals surface area (Å²) in [7, 11) is 0. The fraction of sp³-hybridized carbons (Fsp3) is 0.263. The molecule has 2 aromatic carbocycles. The van der Waals surface area contributed by atoms with Gasteiger partial charge in [0.05, 0.1) is 23.0 Å². The molecule has 8 heteroatoms. The molecule has 1 aliphatic heterocycles. The van der Waals surface area contributed by atoms with E-state index in [9.17, 15) is 14.0 Å². The molecule has 1 fully saturated rings. The van der Waals surface area contributed by atoms with Crippen molar-refractivity contribution in [3.8, 4) is 0 Å². The number of piperidine rings is 1. The van der Waals surface area contributed by atoms with Crippen molar-refractivity contribution in [1.29, 1.82) is 0 Å². The minimum atomic E-state index is -0.494. The molecular weight excluding hydrogens is 371 g/mol. The Morgan fingerprint density at radius 1 is 1.04 bits per heavy atom. The molecule has 3 rings (SSSR count). The number of carbonyl (C=O) groups is 2. The summed E-state index contributed by atoms with van der Waals surface area (Å²) in [6.45, 7) is 0.802. The van der Waals surface area contributed by atoms with Crippen LogP contribution in [0.3, 0.4) is 0 Å². The Labute approximate surface area is 163 Å². The second-order valence-electron chi connectivity index (χ2n) is 6.27. The van der Waals surface area contributed by atoms with E-state index in [-0.39, 0.29) is 36.5 Å². The van der Waals surface area contributed by atoms with Gasteiger partial charge in [-0.1, -0.05) is 24.3 Å². The maximum atomic E-state index is 13.7. The lowest BCUT2D eigenvalue weighted by atomic mass is 9.97. The van der Waals surface area contributed by atoms with E-state index < -0.39 is 11.8 Å². The Bertz CT molecular complexity index is 752. The van der Waals surface area contributed by atoms with Crippen LogP contribution >= 0.6 is 12.4 Å². The van der Waals surface area contributed by atoms with Crippen LogP contribution in [0.1, 0.15) is 12.8 Å². The number of hydrogen-bond acceptors (Lipinski definition) is 3. The second kappa shape index (κ2) is 9.23. The summed E-state index contributed by atoms with van der Waals surface area (Å²) in [6, 6.07) is 12.6. The Balaban J connectivity index is 0.00000261. The summed E-state index contributed by atoms with van der Waals surface area (Å²) < 4.78 is 13.7. The van der Waals surface area contributed by atoms with Crippen molar-refractivity contribution in [1.82, 2.24) is 4.90 Å². The van der Waals surface area contributed by atoms with E-state index >= 15 is 0 Å². The molecule has 0 spiro atoms. The predicted octanol–water partition coefficient (Wildman–Crippen LogP) is 3.71. The highest BCUT2D eigenvalue weighted by Gasteiger charge is 2.29. The highest BCUT2D eigenvalue weighted by molar-refractivity contribution is 5.96. The van der Waals surface area contributed by atoms with Crippen molar-refractivity contribution in [3.05, 3.63) is 54.3 Å². The molecule has 0 radical (unpaired) electrons. The van der Waals surface area contributed by atoms with Crippen LogP contribution in [0, 0.1) is 11.7 Å². The largest absolute Gasteiger partial charge is 0.397 e. The fourth-order valence-electron chi connectivity index (χ4n) is 2.98. The molecule has 0 bridgehead atoms. The zero-order valence-corrected chi connectivity index (χ0v) is 15.5. The summed E-state index contributed by atoms with van der Waals surface area (Å²) in [6.07, 6.45) is 1.38. The highest BCUT2D eigenvalue weighted by atomic mass is 35.5. The van der Waals surface area contributed by atoms with Crippen LogP contribution in [-0.4, -0.2) is 29.9 Å². The SMILES string of the molecule is Cl.Nc1ccccc1NC(=O)C1CCCN(C(=O)Nc2ccccc2F)C1. The second-order valence-corrected chi connectivity index (χ2v) is 6.27. The van der Waals surface area contributed by atoms with E-state index in [4.69, 9.17) is 5.73 Å². The number of hydrogen-bond donors (Lipinski definition) is 3. The molecule has 27 heavy (non-hydrogen) atoms. The minimum Gasteiger partial charge on any atom is -0.397 e. The lowest BCUT2D eigenvalue weighted by molar-refractivity contribution is -0.121. The van der Waals surface area contributed by atoms with Gasteiger partial charge in [-0.25, -0.2) is 9.18 Å². The Kier molecular flexibility index (Phi) is 7.01. The van der Waals surface area contributed by atoms with Gasteiger partial charge in [-0.3, -0.25) is 4.79 Å². The normalized spacial score (nSPS) is 16.2. The molecule has 1 atom stereocenters. The molecule has 3 amide bonds. The van der Waals surface area contributed by atoms with Gasteiger partial charge in [-0.2, -0.15) is 0 Å². The monoisotopic (exact) mass is 392 g/mol. The smallest absolute Gasteiger partial charge is 0.321 e. The van der Waals surface area contributed by atoms with E-state index in [1.54, 1.807) is 36.4 Å². The molecule has 0 aromatic heterocycles. The maximum Gasteiger partial charge on any atom is 0.321 e. The third kappa shape index (κ3) is 5.10. The molecule has 1 aliphatic rings. The van der Waals surface area contributed by atoms with E-state index in [0.717, 1.165) is 0 Å². The van der Waals surface area contributed by atoms with E-state index in [1.165, 1.54) is 17.0 Å². The predicted molar refractivity (Wildman–Crippen MR) is 106 cm³/mol. The summed E-state index contributed by atoms with van der Waals surface area (Å²) in [4.78, 5) is 26.4. The van der Waals surface area contributed by atoms with E-state index in [2.05, 4.69) is 10.6 Å². The first-order valence-corrected chi connectivity index (χ1v) is 8.50. The zero-order valence-electron chi connectivity index (χ0n) is 14.7. The van der Waals surface area contributed by atoms with Gasteiger partial charge in [0.15, 0.2) is 0 Å². The van der Waals surface area contributed by atoms with Crippen LogP contribution < -0.4 is 16.4 Å². The number of urea groups is 1. The van der Waals surface area contributed by atoms with Crippen LogP contribution in [0.2, 0.25) is 0 Å². The van der Waals surface area contributed by atoms with Crippen LogP contribution in [0.5, 0.6) is 0 Å². The van der Waals surface area contributed by atoms with E-state index in [1.807, 2.05) is 0 Å². The molecule has 0 saturated carbocycles. The molecule has 4 N–H and O–H groups in total. The summed E-state index contributed by atoms with van der Waals surface area (Å²) in [5, 5.41) is 5.37. The number of nitrogens with zero attached hydrogens (tertiary/aromatic N) is 1. The molecule has 1 saturated heterocycles. The molecule has 6 nitrogen and oxygen atoms in total. The van der Waals surface area contributed by atoms with Crippen LogP contribution in [0.4, 0.5) is 26.2 Å². The van der Waals surface area contributed by atoms with Gasteiger partial charge in [-0.05, 0) is 37.1 Å². The fourth-order valence-corrected chi connectivity index (χ4v) is 2.98. The van der Waals surface area contributed by atoms with Crippen molar-refractivity contribution in [3.63, 3.8) is 0 Å². The van der Waals surface area contributed by atoms with Gasteiger partial charge in [0.2, 0.25) is 5.91 Å². The number of benzene rings is 2. The van der Waals surface area contributed by atoms with Crippen LogP contribution in [0.15, 0.2) is 48.5 Å². The van der Waals surface area contributed by atoms with Gasteiger partial charge >= 0.3 is 6.03 Å². The van der Waals surface area contributed by atoms with Crippen molar-refractivity contribution in [2.24, 2.45) is 5.92 Å². The number of nitrogens with one attached hydrogen (secondary N) is 2. The van der Waals surface area contributed by atoms with Crippen molar-refractivity contribution >= 4 is 41.4 Å². The average Bonchev–Trinajstić information content (AvgIpc) is 2.65. The zero-order chi connectivity index (χ0) is 18.5. The number of para-hydroxylation sites is 3. The number of carbonyl (C=O) groups excluding carboxylic acids is 2. The first kappa shape index (κ1) is 20.5. The molecule has 1 heterocycles. The number of likely N-dealkylation sites (tertiary alicyclic amines) is 1. The maximum absolute atomic E-state index is 13.7. The van der Waals surface area contributed by atoms with Gasteiger partial charge < -0.3 is 21.3 Å². The van der Waals surface area contributed by atoms with Crippen molar-refractivity contribution < 1.29 is 14.0 Å². The Morgan fingerprint density at radius 3 is 2.41 bits per heavy atom. The average molecular weight is 393 g/mol. The number of nitrogen functional groups attached to an aromatic ring is 1. The molecule has 2 aromatic rings. The third-order valence-electron chi connectivity index (χ3n) is 4.41. The highest BCUT2D eigenvalue weighted by Crippen LogP contribution is 2.22. The standard InChI is InChI=1S/C19H21FN4O2.ClH/c20-14-7-1-3-9-16(14)23-19(26)24-11-5-6-13(12-24)18(25)22-17-10-4-2-8-15(17)21;/h1-4,7-10,13H,5-6,11-12,21H2,(H,22,25)(H,23,26);1H.